The Hall–Kier alpha value is -2.66. The predicted octanol–water partition coefficient (Wildman–Crippen LogP) is 2.13. The highest BCUT2D eigenvalue weighted by molar-refractivity contribution is 5.64. The van der Waals surface area contributed by atoms with Crippen LogP contribution in [0, 0.1) is 0 Å². The summed E-state index contributed by atoms with van der Waals surface area (Å²) in [4.78, 5) is 0. The van der Waals surface area contributed by atoms with Crippen LogP contribution in [0.3, 0.4) is 0 Å². The van der Waals surface area contributed by atoms with Crippen LogP contribution in [0.15, 0.2) is 54.6 Å². The highest BCUT2D eigenvalue weighted by Crippen LogP contribution is 2.25. The molecule has 3 rings (SSSR count). The maximum atomic E-state index is 9.43. The monoisotopic (exact) mass is 267 g/mol. The summed E-state index contributed by atoms with van der Waals surface area (Å²) in [7, 11) is 0. The van der Waals surface area contributed by atoms with Gasteiger partial charge in [-0.15, -0.1) is 5.10 Å². The van der Waals surface area contributed by atoms with Crippen LogP contribution in [0.2, 0.25) is 0 Å². The summed E-state index contributed by atoms with van der Waals surface area (Å²) in [5.41, 5.74) is 2.96. The van der Waals surface area contributed by atoms with Crippen molar-refractivity contribution in [1.82, 2.24) is 15.0 Å². The van der Waals surface area contributed by atoms with E-state index in [9.17, 15) is 10.2 Å². The Labute approximate surface area is 115 Å². The van der Waals surface area contributed by atoms with Crippen LogP contribution < -0.4 is 0 Å². The van der Waals surface area contributed by atoms with Crippen molar-refractivity contribution >= 4 is 0 Å². The summed E-state index contributed by atoms with van der Waals surface area (Å²) in [5, 5.41) is 26.9. The third-order valence-electron chi connectivity index (χ3n) is 3.03. The number of benzene rings is 2. The van der Waals surface area contributed by atoms with Crippen LogP contribution in [-0.4, -0.2) is 25.2 Å². The van der Waals surface area contributed by atoms with Crippen LogP contribution in [0.25, 0.3) is 16.9 Å². The Balaban J connectivity index is 2.17. The van der Waals surface area contributed by atoms with Crippen LogP contribution in [0.1, 0.15) is 5.69 Å². The largest absolute Gasteiger partial charge is 0.508 e. The molecule has 0 saturated heterocycles. The molecule has 0 radical (unpaired) electrons. The molecular formula is C15H13N3O2. The van der Waals surface area contributed by atoms with Crippen molar-refractivity contribution in [2.45, 2.75) is 6.61 Å². The standard InChI is InChI=1S/C15H13N3O2/c19-10-14-15(11-4-2-1-3-5-11)18(17-16-14)12-6-8-13(20)9-7-12/h1-9,19-20H,10H2. The lowest BCUT2D eigenvalue weighted by Crippen LogP contribution is -1.99. The molecule has 0 amide bonds. The molecule has 0 bridgehead atoms. The lowest BCUT2D eigenvalue weighted by molar-refractivity contribution is 0.277. The molecule has 0 saturated carbocycles. The molecule has 0 spiro atoms. The second-order valence-corrected chi connectivity index (χ2v) is 4.34. The van der Waals surface area contributed by atoms with Gasteiger partial charge in [0.2, 0.25) is 0 Å². The first-order valence-electron chi connectivity index (χ1n) is 6.20. The minimum atomic E-state index is -0.178. The van der Waals surface area contributed by atoms with Crippen molar-refractivity contribution in [2.75, 3.05) is 0 Å². The van der Waals surface area contributed by atoms with E-state index in [1.54, 1.807) is 28.9 Å². The van der Waals surface area contributed by atoms with Gasteiger partial charge in [0.15, 0.2) is 0 Å². The molecule has 1 heterocycles. The molecule has 0 unspecified atom stereocenters. The van der Waals surface area contributed by atoms with Gasteiger partial charge in [0, 0.05) is 5.56 Å². The van der Waals surface area contributed by atoms with Crippen LogP contribution >= 0.6 is 0 Å². The number of aliphatic hydroxyl groups excluding tert-OH is 1. The molecule has 5 heteroatoms. The van der Waals surface area contributed by atoms with Crippen molar-refractivity contribution in [3.8, 4) is 22.7 Å². The topological polar surface area (TPSA) is 71.2 Å². The molecule has 0 fully saturated rings. The van der Waals surface area contributed by atoms with Crippen molar-refractivity contribution in [2.24, 2.45) is 0 Å². The zero-order chi connectivity index (χ0) is 13.9. The number of phenols is 1. The van der Waals surface area contributed by atoms with Gasteiger partial charge >= 0.3 is 0 Å². The molecule has 0 aliphatic rings. The number of aromatic nitrogens is 3. The van der Waals surface area contributed by atoms with Gasteiger partial charge in [0.1, 0.15) is 17.1 Å². The smallest absolute Gasteiger partial charge is 0.117 e. The zero-order valence-corrected chi connectivity index (χ0v) is 10.6. The van der Waals surface area contributed by atoms with E-state index in [2.05, 4.69) is 10.3 Å². The third-order valence-corrected chi connectivity index (χ3v) is 3.03. The van der Waals surface area contributed by atoms with E-state index in [-0.39, 0.29) is 12.4 Å². The molecule has 2 N–H and O–H groups in total. The number of hydrogen-bond donors (Lipinski definition) is 2. The van der Waals surface area contributed by atoms with Gasteiger partial charge in [-0.2, -0.15) is 0 Å². The zero-order valence-electron chi connectivity index (χ0n) is 10.6. The van der Waals surface area contributed by atoms with Gasteiger partial charge in [-0.05, 0) is 24.3 Å². The summed E-state index contributed by atoms with van der Waals surface area (Å²) in [6, 6.07) is 16.3. The van der Waals surface area contributed by atoms with Gasteiger partial charge in [0.05, 0.1) is 12.3 Å². The number of phenolic OH excluding ortho intramolecular Hbond substituents is 1. The number of aliphatic hydroxyl groups is 1. The minimum Gasteiger partial charge on any atom is -0.508 e. The fourth-order valence-corrected chi connectivity index (χ4v) is 2.08. The number of hydrogen-bond acceptors (Lipinski definition) is 4. The fraction of sp³-hybridized carbons (Fsp3) is 0.0667. The fourth-order valence-electron chi connectivity index (χ4n) is 2.08. The number of nitrogens with zero attached hydrogens (tertiary/aromatic N) is 3. The van der Waals surface area contributed by atoms with Crippen molar-refractivity contribution in [3.63, 3.8) is 0 Å². The summed E-state index contributed by atoms with van der Waals surface area (Å²) < 4.78 is 1.65. The Morgan fingerprint density at radius 1 is 0.950 bits per heavy atom. The second kappa shape index (κ2) is 5.14. The molecule has 0 aliphatic heterocycles. The quantitative estimate of drug-likeness (QED) is 0.762. The van der Waals surface area contributed by atoms with Gasteiger partial charge in [-0.3, -0.25) is 0 Å². The first-order valence-corrected chi connectivity index (χ1v) is 6.20. The Bertz CT molecular complexity index is 706. The Morgan fingerprint density at radius 2 is 1.65 bits per heavy atom. The lowest BCUT2D eigenvalue weighted by atomic mass is 10.1. The normalized spacial score (nSPS) is 10.7. The second-order valence-electron chi connectivity index (χ2n) is 4.34. The van der Waals surface area contributed by atoms with E-state index in [1.807, 2.05) is 30.3 Å². The van der Waals surface area contributed by atoms with Gasteiger partial charge in [0.25, 0.3) is 0 Å². The van der Waals surface area contributed by atoms with Crippen molar-refractivity contribution < 1.29 is 10.2 Å². The highest BCUT2D eigenvalue weighted by Gasteiger charge is 2.15. The van der Waals surface area contributed by atoms with Gasteiger partial charge in [-0.25, -0.2) is 4.68 Å². The maximum Gasteiger partial charge on any atom is 0.117 e. The molecular weight excluding hydrogens is 254 g/mol. The molecule has 5 nitrogen and oxygen atoms in total. The molecule has 2 aromatic carbocycles. The van der Waals surface area contributed by atoms with E-state index < -0.39 is 0 Å². The van der Waals surface area contributed by atoms with E-state index in [4.69, 9.17) is 0 Å². The molecule has 0 atom stereocenters. The van der Waals surface area contributed by atoms with Crippen molar-refractivity contribution in [1.29, 1.82) is 0 Å². The average molecular weight is 267 g/mol. The third kappa shape index (κ3) is 2.15. The summed E-state index contributed by atoms with van der Waals surface area (Å²) in [6.45, 7) is -0.178. The summed E-state index contributed by atoms with van der Waals surface area (Å²) >= 11 is 0. The molecule has 1 aromatic heterocycles. The summed E-state index contributed by atoms with van der Waals surface area (Å²) in [5.74, 6) is 0.192. The Kier molecular flexibility index (Phi) is 3.18. The van der Waals surface area contributed by atoms with Crippen LogP contribution in [0.4, 0.5) is 0 Å². The molecule has 20 heavy (non-hydrogen) atoms. The van der Waals surface area contributed by atoms with E-state index >= 15 is 0 Å². The molecule has 100 valence electrons. The number of rotatable bonds is 3. The van der Waals surface area contributed by atoms with Crippen molar-refractivity contribution in [3.05, 3.63) is 60.3 Å². The highest BCUT2D eigenvalue weighted by atomic mass is 16.3. The van der Waals surface area contributed by atoms with Gasteiger partial charge < -0.3 is 10.2 Å². The van der Waals surface area contributed by atoms with Crippen LogP contribution in [0.5, 0.6) is 5.75 Å². The summed E-state index contributed by atoms with van der Waals surface area (Å²) in [6.07, 6.45) is 0. The van der Waals surface area contributed by atoms with Gasteiger partial charge in [-0.1, -0.05) is 35.5 Å². The average Bonchev–Trinajstić information content (AvgIpc) is 2.93. The minimum absolute atomic E-state index is 0.178. The Morgan fingerprint density at radius 3 is 2.30 bits per heavy atom. The first-order chi connectivity index (χ1) is 9.79. The maximum absolute atomic E-state index is 9.43. The lowest BCUT2D eigenvalue weighted by Gasteiger charge is -2.07. The molecule has 3 aromatic rings. The SMILES string of the molecule is OCc1nnn(-c2ccc(O)cc2)c1-c1ccccc1. The van der Waals surface area contributed by atoms with E-state index in [1.165, 1.54) is 0 Å². The van der Waals surface area contributed by atoms with E-state index in [0.717, 1.165) is 16.9 Å². The first kappa shape index (κ1) is 12.4. The predicted molar refractivity (Wildman–Crippen MR) is 74.4 cm³/mol. The van der Waals surface area contributed by atoms with Crippen LogP contribution in [-0.2, 0) is 6.61 Å². The number of aromatic hydroxyl groups is 1. The van der Waals surface area contributed by atoms with E-state index in [0.29, 0.717) is 5.69 Å². The molecule has 0 aliphatic carbocycles.